The van der Waals surface area contributed by atoms with E-state index in [1.54, 1.807) is 25.2 Å². The lowest BCUT2D eigenvalue weighted by Gasteiger charge is -2.11. The number of benzene rings is 1. The maximum Gasteiger partial charge on any atom is 0.229 e. The van der Waals surface area contributed by atoms with Crippen molar-refractivity contribution >= 4 is 17.7 Å². The van der Waals surface area contributed by atoms with Crippen molar-refractivity contribution in [2.75, 3.05) is 12.8 Å². The summed E-state index contributed by atoms with van der Waals surface area (Å²) in [7, 11) is 1.59. The van der Waals surface area contributed by atoms with Gasteiger partial charge in [-0.2, -0.15) is 0 Å². The molecular formula is C11H14FNOS. The van der Waals surface area contributed by atoms with Gasteiger partial charge in [-0.15, -0.1) is 11.8 Å². The summed E-state index contributed by atoms with van der Waals surface area (Å²) in [6.45, 7) is 1.89. The second kappa shape index (κ2) is 5.75. The number of halogens is 1. The zero-order chi connectivity index (χ0) is 11.3. The molecule has 15 heavy (non-hydrogen) atoms. The molecule has 82 valence electrons. The predicted octanol–water partition coefficient (Wildman–Crippen LogP) is 2.37. The summed E-state index contributed by atoms with van der Waals surface area (Å²) in [5, 5.41) is 2.52. The summed E-state index contributed by atoms with van der Waals surface area (Å²) in [5.74, 6) is 0.101. The van der Waals surface area contributed by atoms with Crippen LogP contribution in [0.15, 0.2) is 24.3 Å². The Hall–Kier alpha value is -1.03. The molecular weight excluding hydrogens is 213 g/mol. The molecule has 1 N–H and O–H groups in total. The van der Waals surface area contributed by atoms with E-state index in [0.29, 0.717) is 11.3 Å². The predicted molar refractivity (Wildman–Crippen MR) is 61.3 cm³/mol. The van der Waals surface area contributed by atoms with E-state index < -0.39 is 0 Å². The molecule has 0 aliphatic carbocycles. The SMILES string of the molecule is CNC(=O)CS[C@@H](C)c1ccccc1F. The topological polar surface area (TPSA) is 29.1 Å². The maximum atomic E-state index is 13.3. The lowest BCUT2D eigenvalue weighted by molar-refractivity contribution is -0.118. The van der Waals surface area contributed by atoms with Crippen LogP contribution in [0.5, 0.6) is 0 Å². The minimum Gasteiger partial charge on any atom is -0.358 e. The molecule has 0 aliphatic rings. The third-order valence-electron chi connectivity index (χ3n) is 2.09. The van der Waals surface area contributed by atoms with Crippen LogP contribution in [0.1, 0.15) is 17.7 Å². The number of carbonyl (C=O) groups is 1. The molecule has 0 heterocycles. The van der Waals surface area contributed by atoms with Crippen molar-refractivity contribution in [1.29, 1.82) is 0 Å². The molecule has 1 atom stereocenters. The number of amides is 1. The first-order valence-electron chi connectivity index (χ1n) is 4.71. The molecule has 4 heteroatoms. The summed E-state index contributed by atoms with van der Waals surface area (Å²) in [5.41, 5.74) is 0.645. The van der Waals surface area contributed by atoms with Crippen LogP contribution < -0.4 is 5.32 Å². The van der Waals surface area contributed by atoms with Crippen molar-refractivity contribution in [2.24, 2.45) is 0 Å². The first-order chi connectivity index (χ1) is 7.15. The van der Waals surface area contributed by atoms with Crippen LogP contribution in [0.2, 0.25) is 0 Å². The van der Waals surface area contributed by atoms with Crippen LogP contribution >= 0.6 is 11.8 Å². The summed E-state index contributed by atoms with van der Waals surface area (Å²) in [6.07, 6.45) is 0. The van der Waals surface area contributed by atoms with Crippen LogP contribution in [0.3, 0.4) is 0 Å². The van der Waals surface area contributed by atoms with Gasteiger partial charge in [0.1, 0.15) is 5.82 Å². The third-order valence-corrected chi connectivity index (χ3v) is 3.27. The van der Waals surface area contributed by atoms with Crippen LogP contribution in [0.25, 0.3) is 0 Å². The first-order valence-corrected chi connectivity index (χ1v) is 5.76. The summed E-state index contributed by atoms with van der Waals surface area (Å²) >= 11 is 1.42. The van der Waals surface area contributed by atoms with Gasteiger partial charge in [-0.1, -0.05) is 18.2 Å². The maximum absolute atomic E-state index is 13.3. The molecule has 0 fully saturated rings. The third kappa shape index (κ3) is 3.55. The van der Waals surface area contributed by atoms with Crippen molar-refractivity contribution in [2.45, 2.75) is 12.2 Å². The molecule has 0 radical (unpaired) electrons. The van der Waals surface area contributed by atoms with Gasteiger partial charge < -0.3 is 5.32 Å². The smallest absolute Gasteiger partial charge is 0.229 e. The molecule has 0 unspecified atom stereocenters. The van der Waals surface area contributed by atoms with Crippen LogP contribution in [0.4, 0.5) is 4.39 Å². The van der Waals surface area contributed by atoms with Gasteiger partial charge in [0.25, 0.3) is 0 Å². The standard InChI is InChI=1S/C11H14FNOS/c1-8(15-7-11(14)13-2)9-5-3-4-6-10(9)12/h3-6,8H,7H2,1-2H3,(H,13,14)/t8-/m0/s1. The molecule has 0 aliphatic heterocycles. The fraction of sp³-hybridized carbons (Fsp3) is 0.364. The molecule has 1 aromatic rings. The fourth-order valence-corrected chi connectivity index (χ4v) is 2.08. The highest BCUT2D eigenvalue weighted by Crippen LogP contribution is 2.29. The Labute approximate surface area is 93.3 Å². The van der Waals surface area contributed by atoms with Gasteiger partial charge in [-0.05, 0) is 13.0 Å². The highest BCUT2D eigenvalue weighted by atomic mass is 32.2. The average molecular weight is 227 g/mol. The average Bonchev–Trinajstić information content (AvgIpc) is 2.26. The van der Waals surface area contributed by atoms with E-state index in [1.165, 1.54) is 17.8 Å². The Balaban J connectivity index is 2.57. The normalized spacial score (nSPS) is 12.2. The number of rotatable bonds is 4. The van der Waals surface area contributed by atoms with E-state index >= 15 is 0 Å². The van der Waals surface area contributed by atoms with Crippen LogP contribution in [-0.2, 0) is 4.79 Å². The van der Waals surface area contributed by atoms with E-state index in [0.717, 1.165) is 0 Å². The van der Waals surface area contributed by atoms with Crippen LogP contribution in [0, 0.1) is 5.82 Å². The van der Waals surface area contributed by atoms with Gasteiger partial charge in [0.15, 0.2) is 0 Å². The molecule has 2 nitrogen and oxygen atoms in total. The Bertz CT molecular complexity index is 343. The van der Waals surface area contributed by atoms with Crippen molar-refractivity contribution in [3.05, 3.63) is 35.6 Å². The quantitative estimate of drug-likeness (QED) is 0.855. The van der Waals surface area contributed by atoms with E-state index in [4.69, 9.17) is 0 Å². The van der Waals surface area contributed by atoms with E-state index in [2.05, 4.69) is 5.32 Å². The number of carbonyl (C=O) groups excluding carboxylic acids is 1. The molecule has 0 spiro atoms. The molecule has 0 saturated carbocycles. The van der Waals surface area contributed by atoms with Crippen LogP contribution in [-0.4, -0.2) is 18.7 Å². The van der Waals surface area contributed by atoms with Gasteiger partial charge in [0.05, 0.1) is 5.75 Å². The van der Waals surface area contributed by atoms with E-state index in [-0.39, 0.29) is 17.0 Å². The highest BCUT2D eigenvalue weighted by molar-refractivity contribution is 8.00. The minimum absolute atomic E-state index is 0.0106. The highest BCUT2D eigenvalue weighted by Gasteiger charge is 2.11. The lowest BCUT2D eigenvalue weighted by Crippen LogP contribution is -2.20. The largest absolute Gasteiger partial charge is 0.358 e. The fourth-order valence-electron chi connectivity index (χ4n) is 1.17. The van der Waals surface area contributed by atoms with E-state index in [1.807, 2.05) is 6.92 Å². The second-order valence-electron chi connectivity index (χ2n) is 3.15. The summed E-state index contributed by atoms with van der Waals surface area (Å²) < 4.78 is 13.3. The minimum atomic E-state index is -0.214. The lowest BCUT2D eigenvalue weighted by atomic mass is 10.1. The Kier molecular flexibility index (Phi) is 4.62. The van der Waals surface area contributed by atoms with Gasteiger partial charge in [-0.3, -0.25) is 4.79 Å². The number of hydrogen-bond donors (Lipinski definition) is 1. The van der Waals surface area contributed by atoms with Crippen molar-refractivity contribution in [3.8, 4) is 0 Å². The summed E-state index contributed by atoms with van der Waals surface area (Å²) in [6, 6.07) is 6.65. The Morgan fingerprint density at radius 2 is 2.20 bits per heavy atom. The molecule has 0 saturated heterocycles. The van der Waals surface area contributed by atoms with Crippen molar-refractivity contribution in [1.82, 2.24) is 5.32 Å². The molecule has 0 bridgehead atoms. The summed E-state index contributed by atoms with van der Waals surface area (Å²) in [4.78, 5) is 11.0. The number of nitrogens with one attached hydrogen (secondary N) is 1. The molecule has 0 aromatic heterocycles. The first kappa shape index (κ1) is 12.0. The van der Waals surface area contributed by atoms with Gasteiger partial charge in [-0.25, -0.2) is 4.39 Å². The molecule has 1 rings (SSSR count). The molecule has 1 aromatic carbocycles. The monoisotopic (exact) mass is 227 g/mol. The Morgan fingerprint density at radius 1 is 1.53 bits per heavy atom. The zero-order valence-corrected chi connectivity index (χ0v) is 9.60. The zero-order valence-electron chi connectivity index (χ0n) is 8.79. The van der Waals surface area contributed by atoms with Gasteiger partial charge >= 0.3 is 0 Å². The van der Waals surface area contributed by atoms with Crippen molar-refractivity contribution < 1.29 is 9.18 Å². The number of hydrogen-bond acceptors (Lipinski definition) is 2. The van der Waals surface area contributed by atoms with Crippen molar-refractivity contribution in [3.63, 3.8) is 0 Å². The Morgan fingerprint density at radius 3 is 2.80 bits per heavy atom. The van der Waals surface area contributed by atoms with Gasteiger partial charge in [0.2, 0.25) is 5.91 Å². The second-order valence-corrected chi connectivity index (χ2v) is 4.48. The van der Waals surface area contributed by atoms with E-state index in [9.17, 15) is 9.18 Å². The molecule has 1 amide bonds. The van der Waals surface area contributed by atoms with Gasteiger partial charge in [0, 0.05) is 17.9 Å². The number of thioether (sulfide) groups is 1.